The van der Waals surface area contributed by atoms with Crippen molar-refractivity contribution in [3.8, 4) is 0 Å². The van der Waals surface area contributed by atoms with Gasteiger partial charge in [-0.1, -0.05) is 32.0 Å². The fourth-order valence-corrected chi connectivity index (χ4v) is 1.67. The Morgan fingerprint density at radius 3 is 2.71 bits per heavy atom. The zero-order valence-electron chi connectivity index (χ0n) is 10.9. The predicted octanol–water partition coefficient (Wildman–Crippen LogP) is 2.20. The molecule has 0 radical (unpaired) electrons. The molecule has 0 aliphatic carbocycles. The molecule has 0 unspecified atom stereocenters. The first-order chi connectivity index (χ1) is 8.22. The minimum Gasteiger partial charge on any atom is -0.325 e. The van der Waals surface area contributed by atoms with Crippen LogP contribution in [-0.2, 0) is 6.42 Å². The Bertz CT molecular complexity index is 385. The number of hydrogen-bond acceptors (Lipinski definition) is 2. The van der Waals surface area contributed by atoms with Crippen molar-refractivity contribution < 1.29 is 0 Å². The topological polar surface area (TPSA) is 62.4 Å². The molecule has 0 amide bonds. The second-order valence-electron chi connectivity index (χ2n) is 3.96. The van der Waals surface area contributed by atoms with E-state index in [1.54, 1.807) is 0 Å². The minimum absolute atomic E-state index is 0.621. The number of anilines is 1. The first-order valence-electron chi connectivity index (χ1n) is 6.09. The largest absolute Gasteiger partial charge is 0.325 e. The quantitative estimate of drug-likeness (QED) is 0.324. The zero-order valence-corrected chi connectivity index (χ0v) is 10.9. The first-order valence-corrected chi connectivity index (χ1v) is 6.09. The lowest BCUT2D eigenvalue weighted by atomic mass is 10.1. The van der Waals surface area contributed by atoms with E-state index in [0.717, 1.165) is 25.1 Å². The summed E-state index contributed by atoms with van der Waals surface area (Å²) in [4.78, 5) is 4.34. The molecule has 0 fully saturated rings. The molecule has 4 nitrogen and oxygen atoms in total. The van der Waals surface area contributed by atoms with Gasteiger partial charge in [0.2, 0.25) is 5.96 Å². The highest BCUT2D eigenvalue weighted by molar-refractivity contribution is 5.94. The van der Waals surface area contributed by atoms with Gasteiger partial charge in [0.1, 0.15) is 0 Å². The molecular weight excluding hydrogens is 212 g/mol. The predicted molar refractivity (Wildman–Crippen MR) is 74.1 cm³/mol. The molecule has 0 atom stereocenters. The van der Waals surface area contributed by atoms with Crippen molar-refractivity contribution in [1.29, 1.82) is 0 Å². The molecule has 0 heterocycles. The van der Waals surface area contributed by atoms with Crippen molar-refractivity contribution in [2.45, 2.75) is 33.6 Å². The first kappa shape index (κ1) is 13.5. The molecule has 4 heteroatoms. The van der Waals surface area contributed by atoms with Crippen molar-refractivity contribution in [2.24, 2.45) is 10.8 Å². The van der Waals surface area contributed by atoms with Crippen LogP contribution in [0.2, 0.25) is 0 Å². The molecule has 94 valence electrons. The van der Waals surface area contributed by atoms with Crippen LogP contribution in [0.25, 0.3) is 0 Å². The summed E-state index contributed by atoms with van der Waals surface area (Å²) in [6.45, 7) is 7.07. The van der Waals surface area contributed by atoms with Gasteiger partial charge in [-0.3, -0.25) is 10.4 Å². The van der Waals surface area contributed by atoms with Crippen molar-refractivity contribution in [3.05, 3.63) is 29.3 Å². The Hall–Kier alpha value is -1.55. The molecule has 0 aliphatic rings. The van der Waals surface area contributed by atoms with E-state index in [2.05, 4.69) is 54.7 Å². The highest BCUT2D eigenvalue weighted by Crippen LogP contribution is 2.20. The number of aliphatic imine (C=N–C) groups is 1. The van der Waals surface area contributed by atoms with Crippen LogP contribution in [0.15, 0.2) is 23.2 Å². The number of hydrogen-bond donors (Lipinski definition) is 3. The lowest BCUT2D eigenvalue weighted by Crippen LogP contribution is -2.36. The Morgan fingerprint density at radius 2 is 2.12 bits per heavy atom. The average Bonchev–Trinajstić information content (AvgIpc) is 2.36. The van der Waals surface area contributed by atoms with Gasteiger partial charge in [0, 0.05) is 12.2 Å². The van der Waals surface area contributed by atoms with Gasteiger partial charge in [-0.15, -0.1) is 0 Å². The second-order valence-corrected chi connectivity index (χ2v) is 3.96. The third-order valence-electron chi connectivity index (χ3n) is 2.61. The van der Waals surface area contributed by atoms with Gasteiger partial charge in [0.15, 0.2) is 0 Å². The van der Waals surface area contributed by atoms with Gasteiger partial charge < -0.3 is 5.32 Å². The Balaban J connectivity index is 2.92. The summed E-state index contributed by atoms with van der Waals surface area (Å²) >= 11 is 0. The standard InChI is InChI=1S/C13H22N4/c1-4-9-15-13(17-14)16-12-10(3)7-6-8-11(12)5-2/h6-8H,4-5,9,14H2,1-3H3,(H2,15,16,17). The number of para-hydroxylation sites is 1. The van der Waals surface area contributed by atoms with Crippen LogP contribution >= 0.6 is 0 Å². The van der Waals surface area contributed by atoms with Gasteiger partial charge in [-0.25, -0.2) is 5.84 Å². The molecular formula is C13H22N4. The summed E-state index contributed by atoms with van der Waals surface area (Å²) in [5.41, 5.74) is 6.17. The number of aryl methyl sites for hydroxylation is 2. The normalized spacial score (nSPS) is 11.4. The summed E-state index contributed by atoms with van der Waals surface area (Å²) in [7, 11) is 0. The third kappa shape index (κ3) is 3.75. The molecule has 0 saturated heterocycles. The van der Waals surface area contributed by atoms with E-state index in [1.807, 2.05) is 0 Å². The smallest absolute Gasteiger partial charge is 0.210 e. The van der Waals surface area contributed by atoms with Crippen molar-refractivity contribution in [2.75, 3.05) is 11.9 Å². The maximum atomic E-state index is 5.46. The Kier molecular flexibility index (Phi) is 5.49. The molecule has 1 rings (SSSR count). The fourth-order valence-electron chi connectivity index (χ4n) is 1.67. The van der Waals surface area contributed by atoms with E-state index in [1.165, 1.54) is 11.1 Å². The minimum atomic E-state index is 0.621. The lowest BCUT2D eigenvalue weighted by Gasteiger charge is -2.15. The average molecular weight is 234 g/mol. The summed E-state index contributed by atoms with van der Waals surface area (Å²) in [6.07, 6.45) is 1.98. The number of hydrazine groups is 1. The molecule has 1 aromatic rings. The fraction of sp³-hybridized carbons (Fsp3) is 0.462. The highest BCUT2D eigenvalue weighted by atomic mass is 15.3. The third-order valence-corrected chi connectivity index (χ3v) is 2.61. The molecule has 17 heavy (non-hydrogen) atoms. The number of nitrogens with two attached hydrogens (primary N) is 1. The second kappa shape index (κ2) is 6.91. The van der Waals surface area contributed by atoms with Gasteiger partial charge in [-0.05, 0) is 30.9 Å². The van der Waals surface area contributed by atoms with Crippen LogP contribution in [0.5, 0.6) is 0 Å². The highest BCUT2D eigenvalue weighted by Gasteiger charge is 2.05. The van der Waals surface area contributed by atoms with Crippen LogP contribution in [0.1, 0.15) is 31.4 Å². The van der Waals surface area contributed by atoms with Crippen LogP contribution < -0.4 is 16.6 Å². The van der Waals surface area contributed by atoms with Crippen LogP contribution in [0, 0.1) is 6.92 Å². The maximum Gasteiger partial charge on any atom is 0.210 e. The van der Waals surface area contributed by atoms with Crippen molar-refractivity contribution in [3.63, 3.8) is 0 Å². The number of nitrogens with one attached hydrogen (secondary N) is 2. The zero-order chi connectivity index (χ0) is 12.7. The molecule has 0 saturated carbocycles. The van der Waals surface area contributed by atoms with E-state index >= 15 is 0 Å². The maximum absolute atomic E-state index is 5.46. The van der Waals surface area contributed by atoms with E-state index in [4.69, 9.17) is 5.84 Å². The number of nitrogens with zero attached hydrogens (tertiary/aromatic N) is 1. The summed E-state index contributed by atoms with van der Waals surface area (Å²) in [5, 5.41) is 3.27. The van der Waals surface area contributed by atoms with E-state index in [-0.39, 0.29) is 0 Å². The molecule has 0 bridgehead atoms. The van der Waals surface area contributed by atoms with Crippen LogP contribution in [-0.4, -0.2) is 12.5 Å². The van der Waals surface area contributed by atoms with E-state index in [0.29, 0.717) is 5.96 Å². The number of guanidine groups is 1. The van der Waals surface area contributed by atoms with E-state index < -0.39 is 0 Å². The Labute approximate surface area is 103 Å². The summed E-state index contributed by atoms with van der Waals surface area (Å²) in [5.74, 6) is 6.08. The van der Waals surface area contributed by atoms with E-state index in [9.17, 15) is 0 Å². The summed E-state index contributed by atoms with van der Waals surface area (Å²) < 4.78 is 0. The van der Waals surface area contributed by atoms with Gasteiger partial charge in [-0.2, -0.15) is 0 Å². The summed E-state index contributed by atoms with van der Waals surface area (Å²) in [6, 6.07) is 6.26. The van der Waals surface area contributed by atoms with Gasteiger partial charge in [0.05, 0.1) is 0 Å². The molecule has 0 aliphatic heterocycles. The van der Waals surface area contributed by atoms with Gasteiger partial charge >= 0.3 is 0 Å². The number of benzene rings is 1. The van der Waals surface area contributed by atoms with Crippen LogP contribution in [0.3, 0.4) is 0 Å². The monoisotopic (exact) mass is 234 g/mol. The molecule has 0 spiro atoms. The number of rotatable bonds is 4. The SMILES string of the molecule is CCCN=C(NN)Nc1c(C)cccc1CC. The molecule has 4 N–H and O–H groups in total. The van der Waals surface area contributed by atoms with Gasteiger partial charge in [0.25, 0.3) is 0 Å². The molecule has 1 aromatic carbocycles. The molecule has 0 aromatic heterocycles. The lowest BCUT2D eigenvalue weighted by molar-refractivity contribution is 0.904. The van der Waals surface area contributed by atoms with Crippen molar-refractivity contribution >= 4 is 11.6 Å². The Morgan fingerprint density at radius 1 is 1.35 bits per heavy atom. The van der Waals surface area contributed by atoms with Crippen LogP contribution in [0.4, 0.5) is 5.69 Å². The van der Waals surface area contributed by atoms with Crippen molar-refractivity contribution in [1.82, 2.24) is 5.43 Å².